The first-order valence-electron chi connectivity index (χ1n) is 5.65. The number of halogens is 1. The molecule has 0 saturated carbocycles. The number of aromatic nitrogens is 1. The minimum absolute atomic E-state index is 0.508. The third-order valence-corrected chi connectivity index (χ3v) is 2.55. The van der Waals surface area contributed by atoms with Gasteiger partial charge in [0.1, 0.15) is 10.9 Å². The van der Waals surface area contributed by atoms with Crippen LogP contribution in [0.25, 0.3) is 11.3 Å². The topological polar surface area (TPSA) is 22.1 Å². The third kappa shape index (κ3) is 3.21. The first-order valence-corrected chi connectivity index (χ1v) is 6.03. The Morgan fingerprint density at radius 3 is 2.53 bits per heavy atom. The Hall–Kier alpha value is -1.54. The molecule has 1 aromatic carbocycles. The lowest BCUT2D eigenvalue weighted by Gasteiger charge is -2.05. The van der Waals surface area contributed by atoms with Crippen molar-refractivity contribution in [1.29, 1.82) is 0 Å². The van der Waals surface area contributed by atoms with E-state index < -0.39 is 0 Å². The molecule has 0 aliphatic heterocycles. The lowest BCUT2D eigenvalue weighted by atomic mass is 10.1. The summed E-state index contributed by atoms with van der Waals surface area (Å²) < 4.78 is 5.52. The largest absolute Gasteiger partial charge is 0.494 e. The number of nitrogens with zero attached hydrogens (tertiary/aromatic N) is 1. The fourth-order valence-corrected chi connectivity index (χ4v) is 1.67. The predicted octanol–water partition coefficient (Wildman–Crippen LogP) is 4.19. The van der Waals surface area contributed by atoms with Crippen LogP contribution in [-0.4, -0.2) is 11.6 Å². The second-order valence-corrected chi connectivity index (χ2v) is 4.11. The second-order valence-electron chi connectivity index (χ2n) is 3.72. The number of ether oxygens (including phenoxy) is 1. The zero-order valence-electron chi connectivity index (χ0n) is 9.69. The Balaban J connectivity index is 2.17. The molecule has 0 radical (unpaired) electrons. The van der Waals surface area contributed by atoms with E-state index in [0.29, 0.717) is 5.15 Å². The molecule has 2 nitrogen and oxygen atoms in total. The maximum absolute atomic E-state index is 5.86. The molecule has 1 aromatic heterocycles. The lowest BCUT2D eigenvalue weighted by molar-refractivity contribution is 0.317. The zero-order chi connectivity index (χ0) is 12.1. The molecule has 0 spiro atoms. The molecule has 88 valence electrons. The highest BCUT2D eigenvalue weighted by molar-refractivity contribution is 6.29. The van der Waals surface area contributed by atoms with Crippen molar-refractivity contribution in [1.82, 2.24) is 4.98 Å². The molecular formula is C14H14ClNO. The molecule has 1 heterocycles. The van der Waals surface area contributed by atoms with E-state index in [2.05, 4.69) is 11.9 Å². The van der Waals surface area contributed by atoms with Crippen LogP contribution < -0.4 is 4.74 Å². The summed E-state index contributed by atoms with van der Waals surface area (Å²) in [7, 11) is 0. The number of hydrogen-bond donors (Lipinski definition) is 0. The smallest absolute Gasteiger partial charge is 0.129 e. The van der Waals surface area contributed by atoms with Gasteiger partial charge in [0.15, 0.2) is 0 Å². The predicted molar refractivity (Wildman–Crippen MR) is 70.5 cm³/mol. The standard InChI is InChI=1S/C14H14ClNO/c1-2-10-17-12-8-6-11(7-9-12)13-4-3-5-14(15)16-13/h3-9H,2,10H2,1H3. The average Bonchev–Trinajstić information content (AvgIpc) is 2.37. The van der Waals surface area contributed by atoms with Gasteiger partial charge in [0.05, 0.1) is 12.3 Å². The van der Waals surface area contributed by atoms with Crippen molar-refractivity contribution in [2.45, 2.75) is 13.3 Å². The van der Waals surface area contributed by atoms with Crippen molar-refractivity contribution < 1.29 is 4.74 Å². The number of pyridine rings is 1. The monoisotopic (exact) mass is 247 g/mol. The van der Waals surface area contributed by atoms with Gasteiger partial charge in [-0.1, -0.05) is 24.6 Å². The molecule has 2 rings (SSSR count). The molecule has 17 heavy (non-hydrogen) atoms. The Bertz CT molecular complexity index is 482. The minimum Gasteiger partial charge on any atom is -0.494 e. The second kappa shape index (κ2) is 5.69. The highest BCUT2D eigenvalue weighted by Gasteiger charge is 2.00. The van der Waals surface area contributed by atoms with Crippen LogP contribution in [0.1, 0.15) is 13.3 Å². The molecule has 0 unspecified atom stereocenters. The van der Waals surface area contributed by atoms with Gasteiger partial charge in [0.2, 0.25) is 0 Å². The fraction of sp³-hybridized carbons (Fsp3) is 0.214. The van der Waals surface area contributed by atoms with Gasteiger partial charge in [-0.25, -0.2) is 4.98 Å². The van der Waals surface area contributed by atoms with E-state index in [1.807, 2.05) is 36.4 Å². The van der Waals surface area contributed by atoms with Crippen molar-refractivity contribution in [3.8, 4) is 17.0 Å². The summed E-state index contributed by atoms with van der Waals surface area (Å²) in [4.78, 5) is 4.26. The fourth-order valence-electron chi connectivity index (χ4n) is 1.51. The normalized spacial score (nSPS) is 10.2. The van der Waals surface area contributed by atoms with E-state index in [1.54, 1.807) is 6.07 Å². The van der Waals surface area contributed by atoms with Crippen LogP contribution in [0.15, 0.2) is 42.5 Å². The van der Waals surface area contributed by atoms with Crippen molar-refractivity contribution >= 4 is 11.6 Å². The molecule has 0 amide bonds. The molecule has 0 bridgehead atoms. The summed E-state index contributed by atoms with van der Waals surface area (Å²) in [5.74, 6) is 0.887. The molecule has 0 fully saturated rings. The molecule has 0 aliphatic rings. The van der Waals surface area contributed by atoms with Crippen molar-refractivity contribution in [3.05, 3.63) is 47.6 Å². The maximum atomic E-state index is 5.86. The molecule has 2 aromatic rings. The van der Waals surface area contributed by atoms with Gasteiger partial charge >= 0.3 is 0 Å². The van der Waals surface area contributed by atoms with E-state index in [-0.39, 0.29) is 0 Å². The van der Waals surface area contributed by atoms with E-state index >= 15 is 0 Å². The van der Waals surface area contributed by atoms with Crippen LogP contribution in [0.4, 0.5) is 0 Å². The van der Waals surface area contributed by atoms with Gasteiger partial charge in [-0.2, -0.15) is 0 Å². The van der Waals surface area contributed by atoms with Gasteiger partial charge in [-0.05, 0) is 42.8 Å². The highest BCUT2D eigenvalue weighted by atomic mass is 35.5. The summed E-state index contributed by atoms with van der Waals surface area (Å²) >= 11 is 5.86. The van der Waals surface area contributed by atoms with E-state index in [0.717, 1.165) is 30.0 Å². The third-order valence-electron chi connectivity index (χ3n) is 2.34. The van der Waals surface area contributed by atoms with Crippen molar-refractivity contribution in [2.75, 3.05) is 6.61 Å². The zero-order valence-corrected chi connectivity index (χ0v) is 10.4. The molecule has 3 heteroatoms. The number of benzene rings is 1. The SMILES string of the molecule is CCCOc1ccc(-c2cccc(Cl)n2)cc1. The van der Waals surface area contributed by atoms with Crippen molar-refractivity contribution in [3.63, 3.8) is 0 Å². The first-order chi connectivity index (χ1) is 8.29. The van der Waals surface area contributed by atoms with Gasteiger partial charge in [-0.15, -0.1) is 0 Å². The van der Waals surface area contributed by atoms with Crippen LogP contribution in [0.3, 0.4) is 0 Å². The molecule has 0 atom stereocenters. The van der Waals surface area contributed by atoms with Crippen LogP contribution >= 0.6 is 11.6 Å². The van der Waals surface area contributed by atoms with Crippen LogP contribution in [0.2, 0.25) is 5.15 Å². The maximum Gasteiger partial charge on any atom is 0.129 e. The summed E-state index contributed by atoms with van der Waals surface area (Å²) in [5, 5.41) is 0.508. The van der Waals surface area contributed by atoms with Crippen LogP contribution in [0.5, 0.6) is 5.75 Å². The summed E-state index contributed by atoms with van der Waals surface area (Å²) in [6, 6.07) is 13.5. The first kappa shape index (κ1) is 11.9. The van der Waals surface area contributed by atoms with Gasteiger partial charge in [0, 0.05) is 5.56 Å². The van der Waals surface area contributed by atoms with Crippen LogP contribution in [-0.2, 0) is 0 Å². The molecule has 0 aliphatic carbocycles. The average molecular weight is 248 g/mol. The van der Waals surface area contributed by atoms with Gasteiger partial charge in [0.25, 0.3) is 0 Å². The summed E-state index contributed by atoms with van der Waals surface area (Å²) in [6.45, 7) is 2.83. The van der Waals surface area contributed by atoms with Crippen LogP contribution in [0, 0.1) is 0 Å². The lowest BCUT2D eigenvalue weighted by Crippen LogP contribution is -1.94. The summed E-state index contributed by atoms with van der Waals surface area (Å²) in [6.07, 6.45) is 1.01. The van der Waals surface area contributed by atoms with E-state index in [4.69, 9.17) is 16.3 Å². The number of hydrogen-bond acceptors (Lipinski definition) is 2. The molecule has 0 saturated heterocycles. The Morgan fingerprint density at radius 1 is 1.12 bits per heavy atom. The minimum atomic E-state index is 0.508. The van der Waals surface area contributed by atoms with Gasteiger partial charge in [-0.3, -0.25) is 0 Å². The Labute approximate surface area is 106 Å². The van der Waals surface area contributed by atoms with E-state index in [1.165, 1.54) is 0 Å². The highest BCUT2D eigenvalue weighted by Crippen LogP contribution is 2.22. The van der Waals surface area contributed by atoms with E-state index in [9.17, 15) is 0 Å². The Morgan fingerprint density at radius 2 is 1.88 bits per heavy atom. The molecular weight excluding hydrogens is 234 g/mol. The molecule has 0 N–H and O–H groups in total. The van der Waals surface area contributed by atoms with Crippen molar-refractivity contribution in [2.24, 2.45) is 0 Å². The Kier molecular flexibility index (Phi) is 3.99. The number of rotatable bonds is 4. The summed E-state index contributed by atoms with van der Waals surface area (Å²) in [5.41, 5.74) is 1.91. The van der Waals surface area contributed by atoms with Gasteiger partial charge < -0.3 is 4.74 Å². The quantitative estimate of drug-likeness (QED) is 0.756.